The highest BCUT2D eigenvalue weighted by Crippen LogP contribution is 2.64. The third-order valence-corrected chi connectivity index (χ3v) is 11.9. The van der Waals surface area contributed by atoms with Gasteiger partial charge in [0.25, 0.3) is 0 Å². The van der Waals surface area contributed by atoms with Gasteiger partial charge in [0.15, 0.2) is 11.5 Å². The predicted molar refractivity (Wildman–Crippen MR) is 178 cm³/mol. The summed E-state index contributed by atoms with van der Waals surface area (Å²) in [5.41, 5.74) is 3.74. The Bertz CT molecular complexity index is 1410. The lowest BCUT2D eigenvalue weighted by atomic mass is 9.51. The van der Waals surface area contributed by atoms with Crippen molar-refractivity contribution in [1.82, 2.24) is 9.80 Å². The zero-order valence-corrected chi connectivity index (χ0v) is 27.8. The summed E-state index contributed by atoms with van der Waals surface area (Å²) in [7, 11) is 0. The Hall–Kier alpha value is -2.90. The summed E-state index contributed by atoms with van der Waals surface area (Å²) >= 11 is 0. The van der Waals surface area contributed by atoms with Crippen molar-refractivity contribution in [3.05, 3.63) is 59.2 Å². The van der Waals surface area contributed by atoms with Gasteiger partial charge >= 0.3 is 5.97 Å². The molecule has 7 heteroatoms. The summed E-state index contributed by atoms with van der Waals surface area (Å²) in [5, 5.41) is 10.2. The number of nitrogens with zero attached hydrogens (tertiary/aromatic N) is 2. The molecule has 0 aromatic heterocycles. The second-order valence-corrected chi connectivity index (χ2v) is 14.8. The van der Waals surface area contributed by atoms with Crippen LogP contribution in [-0.2, 0) is 27.8 Å². The summed E-state index contributed by atoms with van der Waals surface area (Å²) in [5.74, 6) is 2.02. The summed E-state index contributed by atoms with van der Waals surface area (Å²) in [6.45, 7) is 6.38. The van der Waals surface area contributed by atoms with Gasteiger partial charge in [-0.05, 0) is 87.4 Å². The number of aliphatic hydroxyl groups is 1. The van der Waals surface area contributed by atoms with Crippen molar-refractivity contribution in [1.29, 1.82) is 0 Å². The van der Waals surface area contributed by atoms with E-state index in [9.17, 15) is 14.7 Å². The number of esters is 1. The minimum Gasteiger partial charge on any atom is -0.483 e. The highest BCUT2D eigenvalue weighted by molar-refractivity contribution is 5.77. The summed E-state index contributed by atoms with van der Waals surface area (Å²) < 4.78 is 12.8. The molecule has 2 heterocycles. The van der Waals surface area contributed by atoms with Crippen LogP contribution in [0.15, 0.2) is 42.5 Å². The van der Waals surface area contributed by atoms with Gasteiger partial charge < -0.3 is 19.5 Å². The van der Waals surface area contributed by atoms with E-state index in [0.717, 1.165) is 102 Å². The molecule has 2 saturated carbocycles. The SMILES string of the molecule is CCCCCN(C(=O)CCCCCc1ccccc1)[C@H]1CC[C@H]2[C@H]3Cc4ccc(OC(C)=O)c5c4[C@@]2(CCN3CC2CC2O)[C@H]1O5. The van der Waals surface area contributed by atoms with Crippen LogP contribution in [0.1, 0.15) is 101 Å². The highest BCUT2D eigenvalue weighted by Gasteiger charge is 2.67. The van der Waals surface area contributed by atoms with Crippen LogP contribution in [0.5, 0.6) is 11.5 Å². The lowest BCUT2D eigenvalue weighted by Crippen LogP contribution is -2.69. The van der Waals surface area contributed by atoms with Gasteiger partial charge in [-0.3, -0.25) is 14.5 Å². The van der Waals surface area contributed by atoms with E-state index in [1.165, 1.54) is 23.6 Å². The fraction of sp³-hybridized carbons (Fsp3) is 0.641. The average Bonchev–Trinajstić information content (AvgIpc) is 3.63. The lowest BCUT2D eigenvalue weighted by molar-refractivity contribution is -0.143. The van der Waals surface area contributed by atoms with Crippen LogP contribution in [0.25, 0.3) is 0 Å². The maximum atomic E-state index is 14.2. The van der Waals surface area contributed by atoms with E-state index in [4.69, 9.17) is 9.47 Å². The number of hydrogen-bond donors (Lipinski definition) is 1. The number of aryl methyl sites for hydroxylation is 1. The number of unbranched alkanes of at least 4 members (excludes halogenated alkanes) is 4. The normalized spacial score (nSPS) is 30.3. The van der Waals surface area contributed by atoms with Crippen LogP contribution in [0.4, 0.5) is 0 Å². The molecule has 2 aromatic rings. The van der Waals surface area contributed by atoms with E-state index in [0.29, 0.717) is 30.0 Å². The van der Waals surface area contributed by atoms with Gasteiger partial charge in [-0.2, -0.15) is 0 Å². The van der Waals surface area contributed by atoms with Gasteiger partial charge in [-0.1, -0.05) is 62.6 Å². The molecule has 5 aliphatic rings. The number of hydrogen-bond acceptors (Lipinski definition) is 6. The number of amides is 1. The quantitative estimate of drug-likeness (QED) is 0.152. The van der Waals surface area contributed by atoms with Gasteiger partial charge in [0.2, 0.25) is 5.91 Å². The fourth-order valence-electron chi connectivity index (χ4n) is 9.68. The lowest BCUT2D eigenvalue weighted by Gasteiger charge is -2.60. The molecule has 46 heavy (non-hydrogen) atoms. The minimum absolute atomic E-state index is 0.00547. The topological polar surface area (TPSA) is 79.3 Å². The van der Waals surface area contributed by atoms with Gasteiger partial charge in [0, 0.05) is 49.4 Å². The zero-order chi connectivity index (χ0) is 31.8. The molecule has 7 nitrogen and oxygen atoms in total. The molecule has 0 radical (unpaired) electrons. The van der Waals surface area contributed by atoms with Crippen LogP contribution in [0.2, 0.25) is 0 Å². The molecule has 2 aromatic carbocycles. The number of benzene rings is 2. The molecule has 2 aliphatic heterocycles. The molecular formula is C39H52N2O5. The third kappa shape index (κ3) is 5.87. The van der Waals surface area contributed by atoms with E-state index in [-0.39, 0.29) is 35.5 Å². The van der Waals surface area contributed by atoms with Crippen molar-refractivity contribution in [2.24, 2.45) is 11.8 Å². The van der Waals surface area contributed by atoms with E-state index < -0.39 is 0 Å². The third-order valence-electron chi connectivity index (χ3n) is 11.9. The minimum atomic E-state index is -0.338. The van der Waals surface area contributed by atoms with Gasteiger partial charge in [0.1, 0.15) is 6.10 Å². The molecule has 1 N–H and O–H groups in total. The molecular weight excluding hydrogens is 576 g/mol. The van der Waals surface area contributed by atoms with Crippen molar-refractivity contribution in [3.8, 4) is 11.5 Å². The van der Waals surface area contributed by atoms with E-state index >= 15 is 0 Å². The first kappa shape index (κ1) is 31.7. The molecule has 3 aliphatic carbocycles. The van der Waals surface area contributed by atoms with Crippen molar-refractivity contribution >= 4 is 11.9 Å². The number of carbonyl (C=O) groups excluding carboxylic acids is 2. The van der Waals surface area contributed by atoms with Crippen LogP contribution < -0.4 is 9.47 Å². The molecule has 1 saturated heterocycles. The van der Waals surface area contributed by atoms with E-state index in [1.54, 1.807) is 0 Å². The number of ether oxygens (including phenoxy) is 2. The average molecular weight is 629 g/mol. The van der Waals surface area contributed by atoms with Crippen molar-refractivity contribution in [3.63, 3.8) is 0 Å². The maximum Gasteiger partial charge on any atom is 0.308 e. The first-order valence-corrected chi connectivity index (χ1v) is 18.2. The summed E-state index contributed by atoms with van der Waals surface area (Å²) in [4.78, 5) is 31.2. The number of likely N-dealkylation sites (tertiary alicyclic amines) is 1. The Morgan fingerprint density at radius 2 is 1.89 bits per heavy atom. The van der Waals surface area contributed by atoms with Gasteiger partial charge in [0.05, 0.1) is 12.1 Å². The largest absolute Gasteiger partial charge is 0.483 e. The summed E-state index contributed by atoms with van der Waals surface area (Å²) in [6.07, 6.45) is 12.5. The molecule has 3 fully saturated rings. The Morgan fingerprint density at radius 1 is 1.07 bits per heavy atom. The number of carbonyl (C=O) groups is 2. The smallest absolute Gasteiger partial charge is 0.308 e. The zero-order valence-electron chi connectivity index (χ0n) is 27.8. The molecule has 7 atom stereocenters. The molecule has 1 amide bonds. The van der Waals surface area contributed by atoms with Crippen molar-refractivity contribution in [2.45, 2.75) is 127 Å². The van der Waals surface area contributed by atoms with Crippen molar-refractivity contribution in [2.75, 3.05) is 19.6 Å². The molecule has 248 valence electrons. The van der Waals surface area contributed by atoms with Crippen LogP contribution in [0.3, 0.4) is 0 Å². The Balaban J connectivity index is 1.14. The molecule has 1 spiro atoms. The first-order valence-electron chi connectivity index (χ1n) is 18.2. The monoisotopic (exact) mass is 628 g/mol. The summed E-state index contributed by atoms with van der Waals surface area (Å²) in [6, 6.07) is 15.1. The Morgan fingerprint density at radius 3 is 2.65 bits per heavy atom. The van der Waals surface area contributed by atoms with Crippen LogP contribution >= 0.6 is 0 Å². The Labute approximate surface area is 274 Å². The highest BCUT2D eigenvalue weighted by atomic mass is 16.6. The van der Waals surface area contributed by atoms with Gasteiger partial charge in [-0.15, -0.1) is 0 Å². The Kier molecular flexibility index (Phi) is 9.17. The van der Waals surface area contributed by atoms with Gasteiger partial charge in [-0.25, -0.2) is 0 Å². The maximum absolute atomic E-state index is 14.2. The first-order chi connectivity index (χ1) is 22.4. The molecule has 2 unspecified atom stereocenters. The second kappa shape index (κ2) is 13.3. The number of piperidine rings is 1. The fourth-order valence-corrected chi connectivity index (χ4v) is 9.68. The molecule has 2 bridgehead atoms. The van der Waals surface area contributed by atoms with E-state index in [2.05, 4.69) is 53.1 Å². The number of rotatable bonds is 14. The van der Waals surface area contributed by atoms with Crippen LogP contribution in [-0.4, -0.2) is 70.7 Å². The second-order valence-electron chi connectivity index (χ2n) is 14.8. The standard InChI is InChI=1S/C39H52N2O5/c1-3-4-11-21-41(35(44)15-10-6-9-14-27-12-7-5-8-13-27)31-18-17-30-32-23-28-16-19-34(45-26(2)42)37-36(28)39(30,38(31)46-37)20-22-40(32)25-29-24-33(29)43/h5,7-8,12-13,16,19,29-33,38,43H,3-4,6,9-11,14-15,17-18,20-25H2,1-2H3/t29?,30-,31-,32+,33?,38-,39-/m0/s1. The van der Waals surface area contributed by atoms with Crippen LogP contribution in [0, 0.1) is 11.8 Å². The number of aliphatic hydroxyl groups excluding tert-OH is 1. The van der Waals surface area contributed by atoms with E-state index in [1.807, 2.05) is 6.07 Å². The predicted octanol–water partition coefficient (Wildman–Crippen LogP) is 6.22. The van der Waals surface area contributed by atoms with Crippen molar-refractivity contribution < 1.29 is 24.2 Å². The molecule has 7 rings (SSSR count).